The second kappa shape index (κ2) is 6.13. The van der Waals surface area contributed by atoms with Crippen molar-refractivity contribution in [2.45, 2.75) is 24.7 Å². The van der Waals surface area contributed by atoms with Gasteiger partial charge in [0.05, 0.1) is 10.6 Å². The predicted molar refractivity (Wildman–Crippen MR) is 67.8 cm³/mol. The van der Waals surface area contributed by atoms with Crippen molar-refractivity contribution >= 4 is 26.8 Å². The van der Waals surface area contributed by atoms with Gasteiger partial charge in [0, 0.05) is 5.69 Å². The summed E-state index contributed by atoms with van der Waals surface area (Å²) in [6.45, 7) is 1.92. The number of benzene rings is 1. The molecule has 0 saturated carbocycles. The third-order valence-electron chi connectivity index (χ3n) is 2.10. The molecule has 0 radical (unpaired) electrons. The lowest BCUT2D eigenvalue weighted by molar-refractivity contribution is 0.564. The molecule has 5 nitrogen and oxygen atoms in total. The minimum Gasteiger partial charge on any atom is -0.302 e. The van der Waals surface area contributed by atoms with Crippen LogP contribution in [0.25, 0.3) is 0 Å². The maximum absolute atomic E-state index is 11.6. The van der Waals surface area contributed by atoms with Crippen molar-refractivity contribution in [1.82, 2.24) is 0 Å². The molecule has 0 fully saturated rings. The summed E-state index contributed by atoms with van der Waals surface area (Å²) in [4.78, 5) is 0.238. The lowest BCUT2D eigenvalue weighted by Gasteiger charge is -2.07. The normalized spacial score (nSPS) is 13.3. The summed E-state index contributed by atoms with van der Waals surface area (Å²) in [5, 5.41) is 0. The first kappa shape index (κ1) is 14.1. The Kier molecular flexibility index (Phi) is 5.10. The second-order valence-electron chi connectivity index (χ2n) is 3.55. The smallest absolute Gasteiger partial charge is 0.232 e. The molecule has 0 bridgehead atoms. The van der Waals surface area contributed by atoms with Crippen molar-refractivity contribution in [3.05, 3.63) is 24.3 Å². The van der Waals surface area contributed by atoms with Crippen molar-refractivity contribution in [3.8, 4) is 0 Å². The fourth-order valence-corrected chi connectivity index (χ4v) is 2.84. The van der Waals surface area contributed by atoms with Crippen LogP contribution < -0.4 is 4.72 Å². The number of unbranched alkanes of at least 4 members (excludes halogenated alkanes) is 1. The summed E-state index contributed by atoms with van der Waals surface area (Å²) in [7, 11) is -3.32. The quantitative estimate of drug-likeness (QED) is 0.777. The Morgan fingerprint density at radius 2 is 1.88 bits per heavy atom. The molecule has 1 unspecified atom stereocenters. The average Bonchev–Trinajstić information content (AvgIpc) is 2.26. The van der Waals surface area contributed by atoms with E-state index in [0.717, 1.165) is 6.42 Å². The number of hydrogen-bond acceptors (Lipinski definition) is 3. The van der Waals surface area contributed by atoms with Gasteiger partial charge >= 0.3 is 0 Å². The number of nitrogens with one attached hydrogen (secondary N) is 1. The number of anilines is 1. The number of sulfonamides is 1. The van der Waals surface area contributed by atoms with Crippen LogP contribution >= 0.6 is 0 Å². The standard InChI is InChI=1S/C10H15NO4S2/c1-2-3-8-17(14,15)11-9-4-6-10(7-5-9)16(12)13/h4-7,11H,2-3,8H2,1H3,(H,12,13). The molecule has 96 valence electrons. The zero-order valence-electron chi connectivity index (χ0n) is 9.42. The Morgan fingerprint density at radius 3 is 2.35 bits per heavy atom. The summed E-state index contributed by atoms with van der Waals surface area (Å²) in [6.07, 6.45) is 1.41. The van der Waals surface area contributed by atoms with Gasteiger partial charge < -0.3 is 4.55 Å². The molecule has 0 aromatic heterocycles. The van der Waals surface area contributed by atoms with Crippen LogP contribution in [0.1, 0.15) is 19.8 Å². The number of rotatable bonds is 6. The van der Waals surface area contributed by atoms with Crippen LogP contribution in [0.3, 0.4) is 0 Å². The van der Waals surface area contributed by atoms with Crippen LogP contribution in [-0.2, 0) is 21.1 Å². The predicted octanol–water partition coefficient (Wildman–Crippen LogP) is 1.81. The third kappa shape index (κ3) is 4.84. The minimum absolute atomic E-state index is 0.0805. The van der Waals surface area contributed by atoms with Crippen molar-refractivity contribution in [3.63, 3.8) is 0 Å². The first-order chi connectivity index (χ1) is 7.94. The highest BCUT2D eigenvalue weighted by atomic mass is 32.2. The molecule has 0 aliphatic carbocycles. The van der Waals surface area contributed by atoms with Crippen molar-refractivity contribution in [2.75, 3.05) is 10.5 Å². The zero-order chi connectivity index (χ0) is 12.9. The fraction of sp³-hybridized carbons (Fsp3) is 0.400. The molecule has 0 saturated heterocycles. The molecule has 1 aromatic rings. The molecule has 0 amide bonds. The highest BCUT2D eigenvalue weighted by Gasteiger charge is 2.09. The van der Waals surface area contributed by atoms with Crippen LogP contribution in [0, 0.1) is 0 Å². The molecule has 0 spiro atoms. The lowest BCUT2D eigenvalue weighted by Crippen LogP contribution is -2.16. The van der Waals surface area contributed by atoms with E-state index in [0.29, 0.717) is 12.1 Å². The van der Waals surface area contributed by atoms with Gasteiger partial charge in [-0.25, -0.2) is 12.6 Å². The van der Waals surface area contributed by atoms with Crippen LogP contribution in [0.4, 0.5) is 5.69 Å². The maximum Gasteiger partial charge on any atom is 0.232 e. The SMILES string of the molecule is CCCCS(=O)(=O)Nc1ccc(S(=O)O)cc1. The Morgan fingerprint density at radius 1 is 1.29 bits per heavy atom. The Bertz CT molecular complexity index is 482. The molecule has 0 heterocycles. The van der Waals surface area contributed by atoms with Gasteiger partial charge in [-0.1, -0.05) is 13.3 Å². The Hall–Kier alpha value is -0.920. The fourth-order valence-electron chi connectivity index (χ4n) is 1.20. The summed E-state index contributed by atoms with van der Waals surface area (Å²) < 4.78 is 45.0. The summed E-state index contributed by atoms with van der Waals surface area (Å²) >= 11 is -2.04. The number of hydrogen-bond donors (Lipinski definition) is 2. The van der Waals surface area contributed by atoms with Crippen LogP contribution in [0.5, 0.6) is 0 Å². The Balaban J connectivity index is 2.72. The van der Waals surface area contributed by atoms with E-state index >= 15 is 0 Å². The first-order valence-corrected chi connectivity index (χ1v) is 7.92. The largest absolute Gasteiger partial charge is 0.302 e. The highest BCUT2D eigenvalue weighted by molar-refractivity contribution is 7.92. The first-order valence-electron chi connectivity index (χ1n) is 5.16. The summed E-state index contributed by atoms with van der Waals surface area (Å²) in [6, 6.07) is 5.75. The maximum atomic E-state index is 11.6. The third-order valence-corrected chi connectivity index (χ3v) is 4.14. The van der Waals surface area contributed by atoms with E-state index in [1.807, 2.05) is 6.92 Å². The van der Waals surface area contributed by atoms with E-state index in [4.69, 9.17) is 4.55 Å². The monoisotopic (exact) mass is 277 g/mol. The molecule has 17 heavy (non-hydrogen) atoms. The van der Waals surface area contributed by atoms with Gasteiger partial charge in [-0.3, -0.25) is 4.72 Å². The van der Waals surface area contributed by atoms with Gasteiger partial charge in [0.25, 0.3) is 0 Å². The molecule has 2 N–H and O–H groups in total. The second-order valence-corrected chi connectivity index (χ2v) is 6.36. The van der Waals surface area contributed by atoms with Crippen molar-refractivity contribution < 1.29 is 17.2 Å². The molecular weight excluding hydrogens is 262 g/mol. The van der Waals surface area contributed by atoms with E-state index in [-0.39, 0.29) is 10.6 Å². The topological polar surface area (TPSA) is 83.5 Å². The minimum atomic E-state index is -3.32. The van der Waals surface area contributed by atoms with Crippen molar-refractivity contribution in [2.24, 2.45) is 0 Å². The molecule has 0 aliphatic heterocycles. The van der Waals surface area contributed by atoms with E-state index in [9.17, 15) is 12.6 Å². The zero-order valence-corrected chi connectivity index (χ0v) is 11.1. The van der Waals surface area contributed by atoms with Gasteiger partial charge in [-0.05, 0) is 30.7 Å². The van der Waals surface area contributed by atoms with Crippen LogP contribution in [-0.4, -0.2) is 22.9 Å². The summed E-state index contributed by atoms with van der Waals surface area (Å²) in [5.74, 6) is 0.0805. The molecular formula is C10H15NO4S2. The van der Waals surface area contributed by atoms with E-state index < -0.39 is 21.1 Å². The van der Waals surface area contributed by atoms with Crippen molar-refractivity contribution in [1.29, 1.82) is 0 Å². The van der Waals surface area contributed by atoms with Gasteiger partial charge in [0.1, 0.15) is 0 Å². The van der Waals surface area contributed by atoms with Gasteiger partial charge in [-0.2, -0.15) is 0 Å². The molecule has 1 atom stereocenters. The molecule has 1 rings (SSSR count). The van der Waals surface area contributed by atoms with Gasteiger partial charge in [0.15, 0.2) is 11.1 Å². The molecule has 1 aromatic carbocycles. The van der Waals surface area contributed by atoms with Gasteiger partial charge in [0.2, 0.25) is 10.0 Å². The van der Waals surface area contributed by atoms with Crippen LogP contribution in [0.15, 0.2) is 29.2 Å². The van der Waals surface area contributed by atoms with Gasteiger partial charge in [-0.15, -0.1) is 0 Å². The Labute approximate surface area is 104 Å². The highest BCUT2D eigenvalue weighted by Crippen LogP contribution is 2.13. The molecule has 0 aliphatic rings. The molecule has 7 heteroatoms. The lowest BCUT2D eigenvalue weighted by atomic mass is 10.3. The summed E-state index contributed by atoms with van der Waals surface area (Å²) in [5.41, 5.74) is 0.398. The van der Waals surface area contributed by atoms with E-state index in [1.165, 1.54) is 24.3 Å². The van der Waals surface area contributed by atoms with Crippen LogP contribution in [0.2, 0.25) is 0 Å². The van der Waals surface area contributed by atoms with E-state index in [1.54, 1.807) is 0 Å². The average molecular weight is 277 g/mol. The van der Waals surface area contributed by atoms with E-state index in [2.05, 4.69) is 4.72 Å².